The number of hydrogen-bond acceptors (Lipinski definition) is 5. The summed E-state index contributed by atoms with van der Waals surface area (Å²) in [6, 6.07) is 18.1. The van der Waals surface area contributed by atoms with Crippen molar-refractivity contribution < 1.29 is 9.13 Å². The number of aliphatic imine (C=N–C) groups is 2. The van der Waals surface area contributed by atoms with Crippen LogP contribution in [0.5, 0.6) is 5.75 Å². The van der Waals surface area contributed by atoms with Gasteiger partial charge in [-0.05, 0) is 41.7 Å². The number of benzene rings is 2. The Kier molecular flexibility index (Phi) is 12.8. The second kappa shape index (κ2) is 15.8. The van der Waals surface area contributed by atoms with Crippen LogP contribution < -0.4 is 9.64 Å². The number of nitrogens with zero attached hydrogens (tertiary/aromatic N) is 6. The Balaban J connectivity index is 0.000000260. The van der Waals surface area contributed by atoms with Crippen LogP contribution in [0.1, 0.15) is 54.0 Å². The van der Waals surface area contributed by atoms with E-state index in [0.717, 1.165) is 18.1 Å². The van der Waals surface area contributed by atoms with Crippen molar-refractivity contribution in [3.8, 4) is 5.75 Å². The van der Waals surface area contributed by atoms with Gasteiger partial charge in [0.15, 0.2) is 0 Å². The lowest BCUT2D eigenvalue weighted by molar-refractivity contribution is 0.155. The Bertz CT molecular complexity index is 1130. The maximum Gasteiger partial charge on any atom is 0.137 e. The summed E-state index contributed by atoms with van der Waals surface area (Å²) < 4.78 is 20.8. The highest BCUT2D eigenvalue weighted by molar-refractivity contribution is 6.15. The smallest absolute Gasteiger partial charge is 0.137 e. The first-order chi connectivity index (χ1) is 18.7. The van der Waals surface area contributed by atoms with E-state index in [2.05, 4.69) is 71.2 Å². The molecule has 3 aromatic rings. The molecule has 0 fully saturated rings. The van der Waals surface area contributed by atoms with E-state index in [1.54, 1.807) is 26.0 Å². The summed E-state index contributed by atoms with van der Waals surface area (Å²) in [4.78, 5) is 14.3. The molecule has 2 aromatic carbocycles. The number of amidine groups is 1. The van der Waals surface area contributed by atoms with E-state index in [1.165, 1.54) is 5.56 Å². The molecule has 2 atom stereocenters. The summed E-state index contributed by atoms with van der Waals surface area (Å²) >= 11 is 0. The molecule has 0 aliphatic carbocycles. The fraction of sp³-hybridized carbons (Fsp3) is 0.484. The monoisotopic (exact) mass is 536 g/mol. The van der Waals surface area contributed by atoms with Gasteiger partial charge in [0.2, 0.25) is 0 Å². The third-order valence-electron chi connectivity index (χ3n) is 6.88. The number of halogens is 1. The molecule has 7 nitrogen and oxygen atoms in total. The molecule has 2 heterocycles. The van der Waals surface area contributed by atoms with Gasteiger partial charge < -0.3 is 4.74 Å². The van der Waals surface area contributed by atoms with Gasteiger partial charge in [-0.1, -0.05) is 78.8 Å². The molecular weight excluding hydrogens is 491 g/mol. The van der Waals surface area contributed by atoms with E-state index in [9.17, 15) is 4.39 Å². The second-order valence-corrected chi connectivity index (χ2v) is 10.1. The Morgan fingerprint density at radius 3 is 2.23 bits per heavy atom. The maximum atomic E-state index is 13.5. The summed E-state index contributed by atoms with van der Waals surface area (Å²) in [5, 5.41) is 4.21. The molecule has 0 amide bonds. The van der Waals surface area contributed by atoms with Gasteiger partial charge in [-0.3, -0.25) is 19.6 Å². The lowest BCUT2D eigenvalue weighted by Crippen LogP contribution is -2.34. The molecule has 0 saturated heterocycles. The Labute approximate surface area is 233 Å². The lowest BCUT2D eigenvalue weighted by Gasteiger charge is -2.34. The standard InChI is InChI=1S/C15H20FN3O.C14H19N3.C2H6/c1-11(2)14(16)9-20-13-6-4-12(5-7-13)19-10-18-8-15(19)17-3;1-12(2)14(3,9-17-11-15-10-16-17)13-7-5-4-6-8-13;1-2/h4-7,10-11,14H,8-9H2,1-3H3;4-8,10-12H,9H2,1-3H3;1-2H3/t;14-;/m.0./s1. The van der Waals surface area contributed by atoms with Gasteiger partial charge >= 0.3 is 0 Å². The third kappa shape index (κ3) is 9.01. The van der Waals surface area contributed by atoms with Crippen molar-refractivity contribution in [2.75, 3.05) is 25.1 Å². The highest BCUT2D eigenvalue weighted by Crippen LogP contribution is 2.33. The van der Waals surface area contributed by atoms with Crippen LogP contribution in [0.2, 0.25) is 0 Å². The number of ether oxygens (including phenoxy) is 1. The first kappa shape index (κ1) is 31.7. The lowest BCUT2D eigenvalue weighted by atomic mass is 9.73. The van der Waals surface area contributed by atoms with Crippen molar-refractivity contribution in [1.82, 2.24) is 14.8 Å². The van der Waals surface area contributed by atoms with Crippen LogP contribution in [0.4, 0.5) is 10.1 Å². The van der Waals surface area contributed by atoms with E-state index in [0.29, 0.717) is 18.2 Å². The molecular formula is C31H45FN6O. The highest BCUT2D eigenvalue weighted by Gasteiger charge is 2.31. The summed E-state index contributed by atoms with van der Waals surface area (Å²) in [7, 11) is 1.75. The van der Waals surface area contributed by atoms with Crippen molar-refractivity contribution in [1.29, 1.82) is 0 Å². The minimum absolute atomic E-state index is 0.0293. The van der Waals surface area contributed by atoms with Crippen LogP contribution in [0.15, 0.2) is 77.2 Å². The molecule has 0 bridgehead atoms. The van der Waals surface area contributed by atoms with Crippen LogP contribution in [0.25, 0.3) is 0 Å². The summed E-state index contributed by atoms with van der Waals surface area (Å²) in [6.45, 7) is 16.0. The van der Waals surface area contributed by atoms with E-state index in [1.807, 2.05) is 61.5 Å². The quantitative estimate of drug-likeness (QED) is 0.300. The van der Waals surface area contributed by atoms with Crippen molar-refractivity contribution in [2.45, 2.75) is 66.6 Å². The Hall–Kier alpha value is -3.55. The van der Waals surface area contributed by atoms with E-state index in [-0.39, 0.29) is 17.9 Å². The van der Waals surface area contributed by atoms with Gasteiger partial charge in [0.25, 0.3) is 0 Å². The van der Waals surface area contributed by atoms with Gasteiger partial charge in [-0.15, -0.1) is 0 Å². The van der Waals surface area contributed by atoms with Crippen LogP contribution in [0.3, 0.4) is 0 Å². The minimum atomic E-state index is -0.945. The molecule has 0 spiro atoms. The first-order valence-electron chi connectivity index (χ1n) is 13.7. The molecule has 1 unspecified atom stereocenters. The number of alkyl halides is 1. The van der Waals surface area contributed by atoms with Crippen LogP contribution >= 0.6 is 0 Å². The van der Waals surface area contributed by atoms with Crippen molar-refractivity contribution in [3.05, 3.63) is 72.8 Å². The Morgan fingerprint density at radius 2 is 1.69 bits per heavy atom. The zero-order valence-corrected chi connectivity index (χ0v) is 24.8. The topological polar surface area (TPSA) is 67.9 Å². The highest BCUT2D eigenvalue weighted by atomic mass is 19.1. The average molecular weight is 537 g/mol. The van der Waals surface area contributed by atoms with Crippen LogP contribution in [-0.2, 0) is 12.0 Å². The zero-order valence-electron chi connectivity index (χ0n) is 24.8. The fourth-order valence-corrected chi connectivity index (χ4v) is 3.89. The third-order valence-corrected chi connectivity index (χ3v) is 6.88. The molecule has 0 radical (unpaired) electrons. The van der Waals surface area contributed by atoms with E-state index < -0.39 is 6.17 Å². The molecule has 4 rings (SSSR count). The second-order valence-electron chi connectivity index (χ2n) is 10.1. The Morgan fingerprint density at radius 1 is 1.03 bits per heavy atom. The minimum Gasteiger partial charge on any atom is -0.491 e. The molecule has 212 valence electrons. The van der Waals surface area contributed by atoms with E-state index in [4.69, 9.17) is 4.74 Å². The molecule has 8 heteroatoms. The molecule has 1 aliphatic rings. The predicted octanol–water partition coefficient (Wildman–Crippen LogP) is 6.85. The summed E-state index contributed by atoms with van der Waals surface area (Å²) in [6.07, 6.45) is 4.18. The maximum absolute atomic E-state index is 13.5. The zero-order chi connectivity index (χ0) is 28.8. The summed E-state index contributed by atoms with van der Waals surface area (Å²) in [5.41, 5.74) is 2.40. The van der Waals surface area contributed by atoms with Crippen molar-refractivity contribution >= 4 is 17.9 Å². The fourth-order valence-electron chi connectivity index (χ4n) is 3.89. The largest absolute Gasteiger partial charge is 0.491 e. The van der Waals surface area contributed by atoms with E-state index >= 15 is 0 Å². The number of anilines is 1. The van der Waals surface area contributed by atoms with Crippen LogP contribution in [-0.4, -0.2) is 53.3 Å². The molecule has 39 heavy (non-hydrogen) atoms. The van der Waals surface area contributed by atoms with Crippen LogP contribution in [0, 0.1) is 11.8 Å². The van der Waals surface area contributed by atoms with Gasteiger partial charge in [0.05, 0.1) is 19.4 Å². The molecule has 1 aromatic heterocycles. The predicted molar refractivity (Wildman–Crippen MR) is 161 cm³/mol. The molecule has 0 saturated carbocycles. The summed E-state index contributed by atoms with van der Waals surface area (Å²) in [5.74, 6) is 2.08. The first-order valence-corrected chi connectivity index (χ1v) is 13.7. The number of hydrogen-bond donors (Lipinski definition) is 0. The average Bonchev–Trinajstić information content (AvgIpc) is 3.66. The number of aromatic nitrogens is 3. The van der Waals surface area contributed by atoms with Gasteiger partial charge in [-0.2, -0.15) is 5.10 Å². The van der Waals surface area contributed by atoms with Crippen molar-refractivity contribution in [3.63, 3.8) is 0 Å². The normalized spacial score (nSPS) is 15.9. The van der Waals surface area contributed by atoms with Crippen molar-refractivity contribution in [2.24, 2.45) is 21.8 Å². The van der Waals surface area contributed by atoms with Gasteiger partial charge in [0.1, 0.15) is 37.0 Å². The van der Waals surface area contributed by atoms with Gasteiger partial charge in [-0.25, -0.2) is 9.37 Å². The molecule has 0 N–H and O–H groups in total. The molecule has 1 aliphatic heterocycles. The number of rotatable bonds is 9. The SMILES string of the molecule is CC.CC(C)[C@](C)(Cn1cncn1)c1ccccc1.CN=C1CN=CN1c1ccc(OCC(F)C(C)C)cc1. The van der Waals surface area contributed by atoms with Gasteiger partial charge in [0, 0.05) is 18.2 Å².